The third kappa shape index (κ3) is 4.49. The molecule has 1 spiro atoms. The molecule has 1 amide bonds. The second-order valence-corrected chi connectivity index (χ2v) is 11.2. The number of benzene rings is 1. The third-order valence-corrected chi connectivity index (χ3v) is 8.51. The highest BCUT2D eigenvalue weighted by molar-refractivity contribution is 6.34. The molecule has 1 N–H and O–H groups in total. The van der Waals surface area contributed by atoms with E-state index in [1.807, 2.05) is 4.90 Å². The van der Waals surface area contributed by atoms with Crippen molar-refractivity contribution in [2.75, 3.05) is 51.2 Å². The van der Waals surface area contributed by atoms with Crippen molar-refractivity contribution in [2.24, 2.45) is 5.41 Å². The molecule has 3 aliphatic rings. The first-order chi connectivity index (χ1) is 18.4. The van der Waals surface area contributed by atoms with Gasteiger partial charge in [-0.2, -0.15) is 15.1 Å². The second kappa shape index (κ2) is 9.81. The molecule has 5 heterocycles. The number of fused-ring (bicyclic) bond motifs is 1. The number of nitrogens with one attached hydrogen (secondary N) is 1. The van der Waals surface area contributed by atoms with Crippen molar-refractivity contribution in [3.05, 3.63) is 41.8 Å². The minimum Gasteiger partial charge on any atom is -0.460 e. The molecule has 11 heteroatoms. The number of nitrogens with zero attached hydrogens (tertiary/aromatic N) is 6. The molecule has 0 bridgehead atoms. The number of halogens is 2. The van der Waals surface area contributed by atoms with E-state index in [-0.39, 0.29) is 39.5 Å². The molecule has 0 aliphatic carbocycles. The molecule has 3 saturated heterocycles. The van der Waals surface area contributed by atoms with Gasteiger partial charge in [0.15, 0.2) is 5.82 Å². The number of H-pyrrole nitrogens is 1. The van der Waals surface area contributed by atoms with Gasteiger partial charge in [-0.25, -0.2) is 4.39 Å². The maximum Gasteiger partial charge on any atom is 0.319 e. The van der Waals surface area contributed by atoms with E-state index in [0.29, 0.717) is 16.9 Å². The van der Waals surface area contributed by atoms with Crippen LogP contribution in [0.5, 0.6) is 6.01 Å². The largest absolute Gasteiger partial charge is 0.460 e. The molecule has 2 aromatic heterocycles. The quantitative estimate of drug-likeness (QED) is 0.492. The van der Waals surface area contributed by atoms with Crippen molar-refractivity contribution in [3.8, 4) is 17.3 Å². The third-order valence-electron chi connectivity index (χ3n) is 8.21. The molecule has 38 heavy (non-hydrogen) atoms. The van der Waals surface area contributed by atoms with Crippen LogP contribution in [0, 0.1) is 11.2 Å². The average Bonchev–Trinajstić information content (AvgIpc) is 3.43. The summed E-state index contributed by atoms with van der Waals surface area (Å²) in [4.78, 5) is 27.6. The number of aromatic nitrogens is 4. The molecule has 3 aliphatic heterocycles. The van der Waals surface area contributed by atoms with Gasteiger partial charge in [0, 0.05) is 56.3 Å². The molecule has 0 radical (unpaired) electrons. The van der Waals surface area contributed by atoms with E-state index < -0.39 is 5.82 Å². The van der Waals surface area contributed by atoms with Crippen molar-refractivity contribution in [3.63, 3.8) is 0 Å². The van der Waals surface area contributed by atoms with Gasteiger partial charge in [0.25, 0.3) is 0 Å². The lowest BCUT2D eigenvalue weighted by molar-refractivity contribution is -0.139. The number of aromatic amines is 1. The van der Waals surface area contributed by atoms with Gasteiger partial charge in [0.1, 0.15) is 17.4 Å². The van der Waals surface area contributed by atoms with Crippen LogP contribution in [0.25, 0.3) is 22.2 Å². The van der Waals surface area contributed by atoms with Gasteiger partial charge in [-0.15, -0.1) is 0 Å². The molecule has 0 atom stereocenters. The molecule has 0 saturated carbocycles. The maximum atomic E-state index is 16.0. The number of carbonyl (C=O) groups is 1. The number of anilines is 1. The van der Waals surface area contributed by atoms with Crippen LogP contribution in [0.2, 0.25) is 5.02 Å². The SMILES string of the molecule is C=CC(=O)N1CC2(CCN(c3nc(OC4CCN(C)CC4)nc4c(F)c(-c5ccn[nH]5)c(Cl)cc34)CC2)C1. The fourth-order valence-corrected chi connectivity index (χ4v) is 6.20. The number of ether oxygens (including phenoxy) is 1. The molecule has 0 unspecified atom stereocenters. The highest BCUT2D eigenvalue weighted by Crippen LogP contribution is 2.43. The summed E-state index contributed by atoms with van der Waals surface area (Å²) < 4.78 is 22.3. The Bertz CT molecular complexity index is 1360. The standard InChI is InChI=1S/C27H31ClFN7O2/c1-3-21(37)36-15-27(16-36)7-12-35(13-8-27)25-18-14-19(28)22(20-4-9-30-33-20)23(29)24(18)31-26(32-25)38-17-5-10-34(2)11-6-17/h3-4,9,14,17H,1,5-8,10-13,15-16H2,2H3,(H,30,33). The summed E-state index contributed by atoms with van der Waals surface area (Å²) in [5, 5.41) is 7.57. The molecule has 6 rings (SSSR count). The van der Waals surface area contributed by atoms with E-state index in [0.717, 1.165) is 65.0 Å². The van der Waals surface area contributed by atoms with Crippen molar-refractivity contribution >= 4 is 34.2 Å². The lowest BCUT2D eigenvalue weighted by Gasteiger charge is -2.54. The Balaban J connectivity index is 1.34. The summed E-state index contributed by atoms with van der Waals surface area (Å²) in [6.45, 7) is 8.41. The highest BCUT2D eigenvalue weighted by Gasteiger charge is 2.46. The highest BCUT2D eigenvalue weighted by atomic mass is 35.5. The summed E-state index contributed by atoms with van der Waals surface area (Å²) >= 11 is 6.61. The van der Waals surface area contributed by atoms with E-state index in [1.165, 1.54) is 6.08 Å². The molecular weight excluding hydrogens is 509 g/mol. The monoisotopic (exact) mass is 539 g/mol. The zero-order valence-corrected chi connectivity index (χ0v) is 22.2. The summed E-state index contributed by atoms with van der Waals surface area (Å²) in [7, 11) is 2.09. The number of carbonyl (C=O) groups excluding carboxylic acids is 1. The van der Waals surface area contributed by atoms with Crippen molar-refractivity contribution in [1.82, 2.24) is 30.0 Å². The van der Waals surface area contributed by atoms with E-state index in [1.54, 1.807) is 18.3 Å². The van der Waals surface area contributed by atoms with Crippen molar-refractivity contribution in [1.29, 1.82) is 0 Å². The van der Waals surface area contributed by atoms with Crippen LogP contribution in [0.4, 0.5) is 10.2 Å². The van der Waals surface area contributed by atoms with E-state index in [2.05, 4.69) is 38.6 Å². The van der Waals surface area contributed by atoms with Crippen LogP contribution in [0.15, 0.2) is 31.0 Å². The van der Waals surface area contributed by atoms with Gasteiger partial charge in [-0.05, 0) is 50.9 Å². The number of rotatable bonds is 5. The molecule has 200 valence electrons. The first kappa shape index (κ1) is 25.1. The fraction of sp³-hybridized carbons (Fsp3) is 0.481. The zero-order chi connectivity index (χ0) is 26.4. The Morgan fingerprint density at radius 2 is 1.97 bits per heavy atom. The van der Waals surface area contributed by atoms with Gasteiger partial charge in [-0.3, -0.25) is 9.89 Å². The normalized spacial score (nSPS) is 20.1. The van der Waals surface area contributed by atoms with Crippen molar-refractivity contribution in [2.45, 2.75) is 31.8 Å². The van der Waals surface area contributed by atoms with E-state index >= 15 is 4.39 Å². The topological polar surface area (TPSA) is 90.5 Å². The summed E-state index contributed by atoms with van der Waals surface area (Å²) in [6, 6.07) is 3.60. The van der Waals surface area contributed by atoms with Gasteiger partial charge in [0.05, 0.1) is 16.3 Å². The number of amides is 1. The lowest BCUT2D eigenvalue weighted by atomic mass is 9.72. The predicted octanol–water partition coefficient (Wildman–Crippen LogP) is 3.90. The molecule has 3 aromatic rings. The molecular formula is C27H31ClFN7O2. The minimum absolute atomic E-state index is 0.0197. The maximum absolute atomic E-state index is 16.0. The summed E-state index contributed by atoms with van der Waals surface area (Å²) in [6.07, 6.45) is 6.45. The number of likely N-dealkylation sites (tertiary alicyclic amines) is 2. The van der Waals surface area contributed by atoms with Crippen LogP contribution in [0.1, 0.15) is 25.7 Å². The minimum atomic E-state index is -0.528. The molecule has 9 nitrogen and oxygen atoms in total. The Kier molecular flexibility index (Phi) is 6.47. The Hall–Kier alpha value is -3.24. The van der Waals surface area contributed by atoms with E-state index in [4.69, 9.17) is 21.3 Å². The number of piperidine rings is 2. The zero-order valence-electron chi connectivity index (χ0n) is 21.4. The van der Waals surface area contributed by atoms with Crippen molar-refractivity contribution < 1.29 is 13.9 Å². The van der Waals surface area contributed by atoms with Crippen LogP contribution >= 0.6 is 11.6 Å². The molecule has 3 fully saturated rings. The second-order valence-electron chi connectivity index (χ2n) is 10.7. The van der Waals surface area contributed by atoms with Gasteiger partial charge in [-0.1, -0.05) is 18.2 Å². The Morgan fingerprint density at radius 1 is 1.24 bits per heavy atom. The van der Waals surface area contributed by atoms with Crippen LogP contribution in [-0.4, -0.2) is 88.3 Å². The predicted molar refractivity (Wildman–Crippen MR) is 144 cm³/mol. The Labute approximate surface area is 225 Å². The summed E-state index contributed by atoms with van der Waals surface area (Å²) in [5.41, 5.74) is 1.00. The average molecular weight is 540 g/mol. The lowest BCUT2D eigenvalue weighted by Crippen LogP contribution is -2.61. The number of hydrogen-bond donors (Lipinski definition) is 1. The summed E-state index contributed by atoms with van der Waals surface area (Å²) in [5.74, 6) is 0.0801. The number of hydrogen-bond acceptors (Lipinski definition) is 7. The van der Waals surface area contributed by atoms with E-state index in [9.17, 15) is 4.79 Å². The van der Waals surface area contributed by atoms with Crippen LogP contribution in [0.3, 0.4) is 0 Å². The van der Waals surface area contributed by atoms with Gasteiger partial charge >= 0.3 is 6.01 Å². The van der Waals surface area contributed by atoms with Gasteiger partial charge in [0.2, 0.25) is 5.91 Å². The Morgan fingerprint density at radius 3 is 2.63 bits per heavy atom. The first-order valence-electron chi connectivity index (χ1n) is 13.1. The van der Waals surface area contributed by atoms with Gasteiger partial charge < -0.3 is 19.4 Å². The first-order valence-corrected chi connectivity index (χ1v) is 13.4. The molecule has 1 aromatic carbocycles. The smallest absolute Gasteiger partial charge is 0.319 e. The van der Waals surface area contributed by atoms with Crippen LogP contribution in [-0.2, 0) is 4.79 Å². The fourth-order valence-electron chi connectivity index (χ4n) is 5.91. The van der Waals surface area contributed by atoms with Crippen LogP contribution < -0.4 is 9.64 Å².